The second-order valence-corrected chi connectivity index (χ2v) is 5.72. The lowest BCUT2D eigenvalue weighted by Gasteiger charge is -2.40. The van der Waals surface area contributed by atoms with E-state index >= 15 is 0 Å². The predicted octanol–water partition coefficient (Wildman–Crippen LogP) is 3.77. The standard InChI is InChI=1S/C14H20BrNO/c1-11(12-8-6-5-7-9-12)16(13(17)10-15)14(2,3)4/h5-9,11H,10H2,1-4H3. The van der Waals surface area contributed by atoms with Crippen molar-refractivity contribution < 1.29 is 4.79 Å². The third-order valence-electron chi connectivity index (χ3n) is 2.77. The number of benzene rings is 1. The molecule has 0 aromatic heterocycles. The van der Waals surface area contributed by atoms with E-state index in [0.717, 1.165) is 5.56 Å². The van der Waals surface area contributed by atoms with Gasteiger partial charge in [0, 0.05) is 5.54 Å². The minimum Gasteiger partial charge on any atom is -0.330 e. The van der Waals surface area contributed by atoms with Crippen LogP contribution < -0.4 is 0 Å². The topological polar surface area (TPSA) is 20.3 Å². The van der Waals surface area contributed by atoms with Crippen molar-refractivity contribution in [2.75, 3.05) is 5.33 Å². The molecule has 1 unspecified atom stereocenters. The third kappa shape index (κ3) is 3.56. The van der Waals surface area contributed by atoms with Gasteiger partial charge in [0.05, 0.1) is 11.4 Å². The first-order valence-electron chi connectivity index (χ1n) is 5.81. The van der Waals surface area contributed by atoms with Gasteiger partial charge in [0.25, 0.3) is 0 Å². The van der Waals surface area contributed by atoms with E-state index in [0.29, 0.717) is 5.33 Å². The number of alkyl halides is 1. The summed E-state index contributed by atoms with van der Waals surface area (Å²) in [6.07, 6.45) is 0. The van der Waals surface area contributed by atoms with Crippen LogP contribution in [0, 0.1) is 0 Å². The SMILES string of the molecule is CC(c1ccccc1)N(C(=O)CBr)C(C)(C)C. The molecule has 1 aromatic carbocycles. The molecule has 1 amide bonds. The molecule has 0 saturated heterocycles. The maximum atomic E-state index is 12.1. The van der Waals surface area contributed by atoms with Gasteiger partial charge in [-0.1, -0.05) is 46.3 Å². The number of hydrogen-bond acceptors (Lipinski definition) is 1. The van der Waals surface area contributed by atoms with Crippen LogP contribution in [0.15, 0.2) is 30.3 Å². The van der Waals surface area contributed by atoms with E-state index in [9.17, 15) is 4.79 Å². The molecule has 2 nitrogen and oxygen atoms in total. The zero-order valence-electron chi connectivity index (χ0n) is 10.9. The van der Waals surface area contributed by atoms with Crippen molar-refractivity contribution >= 4 is 21.8 Å². The Balaban J connectivity index is 3.04. The molecule has 0 N–H and O–H groups in total. The van der Waals surface area contributed by atoms with E-state index < -0.39 is 0 Å². The molecule has 17 heavy (non-hydrogen) atoms. The molecule has 94 valence electrons. The molecule has 0 fully saturated rings. The lowest BCUT2D eigenvalue weighted by molar-refractivity contribution is -0.135. The van der Waals surface area contributed by atoms with Crippen molar-refractivity contribution in [3.8, 4) is 0 Å². The lowest BCUT2D eigenvalue weighted by Crippen LogP contribution is -2.47. The Labute approximate surface area is 112 Å². The average Bonchev–Trinajstić information content (AvgIpc) is 2.28. The number of hydrogen-bond donors (Lipinski definition) is 0. The molecule has 0 bridgehead atoms. The predicted molar refractivity (Wildman–Crippen MR) is 75.3 cm³/mol. The van der Waals surface area contributed by atoms with Gasteiger partial charge in [0.2, 0.25) is 5.91 Å². The van der Waals surface area contributed by atoms with Crippen LogP contribution in [0.25, 0.3) is 0 Å². The highest BCUT2D eigenvalue weighted by atomic mass is 79.9. The van der Waals surface area contributed by atoms with Gasteiger partial charge >= 0.3 is 0 Å². The minimum absolute atomic E-state index is 0.0845. The summed E-state index contributed by atoms with van der Waals surface area (Å²) in [6, 6.07) is 10.2. The lowest BCUT2D eigenvalue weighted by atomic mass is 9.99. The van der Waals surface area contributed by atoms with Crippen LogP contribution in [-0.4, -0.2) is 21.7 Å². The van der Waals surface area contributed by atoms with E-state index in [1.54, 1.807) is 0 Å². The molecule has 0 spiro atoms. The second kappa shape index (κ2) is 5.67. The van der Waals surface area contributed by atoms with Crippen molar-refractivity contribution in [2.45, 2.75) is 39.3 Å². The highest BCUT2D eigenvalue weighted by molar-refractivity contribution is 9.09. The average molecular weight is 298 g/mol. The fourth-order valence-corrected chi connectivity index (χ4v) is 2.39. The number of halogens is 1. The van der Waals surface area contributed by atoms with E-state index in [-0.39, 0.29) is 17.5 Å². The fraction of sp³-hybridized carbons (Fsp3) is 0.500. The van der Waals surface area contributed by atoms with E-state index in [4.69, 9.17) is 0 Å². The van der Waals surface area contributed by atoms with Crippen molar-refractivity contribution in [1.82, 2.24) is 4.90 Å². The van der Waals surface area contributed by atoms with Crippen molar-refractivity contribution in [3.63, 3.8) is 0 Å². The van der Waals surface area contributed by atoms with Gasteiger partial charge in [-0.3, -0.25) is 4.79 Å². The second-order valence-electron chi connectivity index (χ2n) is 5.15. The Kier molecular flexibility index (Phi) is 4.75. The first-order valence-corrected chi connectivity index (χ1v) is 6.93. The molecule has 1 rings (SSSR count). The number of carbonyl (C=O) groups excluding carboxylic acids is 1. The normalized spacial score (nSPS) is 13.2. The molecule has 0 heterocycles. The Morgan fingerprint density at radius 3 is 2.24 bits per heavy atom. The van der Waals surface area contributed by atoms with Gasteiger partial charge in [-0.15, -0.1) is 0 Å². The molecule has 3 heteroatoms. The number of amides is 1. The number of rotatable bonds is 3. The molecule has 0 saturated carbocycles. The summed E-state index contributed by atoms with van der Waals surface area (Å²) in [5.74, 6) is 0.119. The Morgan fingerprint density at radius 2 is 1.82 bits per heavy atom. The summed E-state index contributed by atoms with van der Waals surface area (Å²) < 4.78 is 0. The van der Waals surface area contributed by atoms with Crippen molar-refractivity contribution in [3.05, 3.63) is 35.9 Å². The Hall–Kier alpha value is -0.830. The first-order chi connectivity index (χ1) is 7.88. The highest BCUT2D eigenvalue weighted by Crippen LogP contribution is 2.28. The largest absolute Gasteiger partial charge is 0.330 e. The van der Waals surface area contributed by atoms with E-state index in [1.165, 1.54) is 0 Å². The van der Waals surface area contributed by atoms with Gasteiger partial charge in [-0.25, -0.2) is 0 Å². The van der Waals surface area contributed by atoms with Crippen LogP contribution in [0.1, 0.15) is 39.3 Å². The molecule has 0 aliphatic carbocycles. The Bertz CT molecular complexity index is 370. The van der Waals surface area contributed by atoms with Crippen LogP contribution >= 0.6 is 15.9 Å². The van der Waals surface area contributed by atoms with Crippen LogP contribution in [-0.2, 0) is 4.79 Å². The van der Waals surface area contributed by atoms with E-state index in [2.05, 4.69) is 55.8 Å². The smallest absolute Gasteiger partial charge is 0.234 e. The third-order valence-corrected chi connectivity index (χ3v) is 3.25. The van der Waals surface area contributed by atoms with Gasteiger partial charge < -0.3 is 4.90 Å². The molecule has 0 aliphatic rings. The summed E-state index contributed by atoms with van der Waals surface area (Å²) in [5, 5.41) is 0.363. The summed E-state index contributed by atoms with van der Waals surface area (Å²) >= 11 is 3.26. The molecular weight excluding hydrogens is 278 g/mol. The summed E-state index contributed by atoms with van der Waals surface area (Å²) in [4.78, 5) is 14.0. The van der Waals surface area contributed by atoms with Crippen molar-refractivity contribution in [1.29, 1.82) is 0 Å². The summed E-state index contributed by atoms with van der Waals surface area (Å²) in [5.41, 5.74) is 0.983. The molecule has 1 aromatic rings. The maximum absolute atomic E-state index is 12.1. The van der Waals surface area contributed by atoms with Crippen LogP contribution in [0.2, 0.25) is 0 Å². The van der Waals surface area contributed by atoms with Crippen LogP contribution in [0.4, 0.5) is 0 Å². The van der Waals surface area contributed by atoms with Gasteiger partial charge in [-0.2, -0.15) is 0 Å². The summed E-state index contributed by atoms with van der Waals surface area (Å²) in [6.45, 7) is 8.26. The van der Waals surface area contributed by atoms with Gasteiger partial charge in [0.1, 0.15) is 0 Å². The van der Waals surface area contributed by atoms with Gasteiger partial charge in [-0.05, 0) is 33.3 Å². The van der Waals surface area contributed by atoms with Crippen LogP contribution in [0.5, 0.6) is 0 Å². The Morgan fingerprint density at radius 1 is 1.29 bits per heavy atom. The number of nitrogens with zero attached hydrogens (tertiary/aromatic N) is 1. The van der Waals surface area contributed by atoms with Crippen LogP contribution in [0.3, 0.4) is 0 Å². The first kappa shape index (κ1) is 14.2. The monoisotopic (exact) mass is 297 g/mol. The zero-order chi connectivity index (χ0) is 13.1. The highest BCUT2D eigenvalue weighted by Gasteiger charge is 2.30. The summed E-state index contributed by atoms with van der Waals surface area (Å²) in [7, 11) is 0. The van der Waals surface area contributed by atoms with Crippen molar-refractivity contribution in [2.24, 2.45) is 0 Å². The molecule has 0 radical (unpaired) electrons. The molecular formula is C14H20BrNO. The molecule has 1 atom stereocenters. The molecule has 0 aliphatic heterocycles. The minimum atomic E-state index is -0.180. The zero-order valence-corrected chi connectivity index (χ0v) is 12.5. The fourth-order valence-electron chi connectivity index (χ4n) is 2.12. The quantitative estimate of drug-likeness (QED) is 0.778. The van der Waals surface area contributed by atoms with Gasteiger partial charge in [0.15, 0.2) is 0 Å². The van der Waals surface area contributed by atoms with E-state index in [1.807, 2.05) is 23.1 Å². The number of carbonyl (C=O) groups is 1. The maximum Gasteiger partial charge on any atom is 0.234 e.